The van der Waals surface area contributed by atoms with E-state index in [9.17, 15) is 0 Å². The van der Waals surface area contributed by atoms with Crippen molar-refractivity contribution in [2.75, 3.05) is 7.05 Å². The predicted molar refractivity (Wildman–Crippen MR) is 73.3 cm³/mol. The fourth-order valence-electron chi connectivity index (χ4n) is 3.29. The van der Waals surface area contributed by atoms with Crippen LogP contribution in [0.3, 0.4) is 0 Å². The quantitative estimate of drug-likeness (QED) is 0.871. The van der Waals surface area contributed by atoms with E-state index in [4.69, 9.17) is 0 Å². The number of hydrogen-bond donors (Lipinski definition) is 1. The fourth-order valence-corrected chi connectivity index (χ4v) is 3.29. The van der Waals surface area contributed by atoms with E-state index in [0.29, 0.717) is 6.04 Å². The summed E-state index contributed by atoms with van der Waals surface area (Å²) in [5.74, 6) is 1.73. The summed E-state index contributed by atoms with van der Waals surface area (Å²) in [6.45, 7) is 2.32. The van der Waals surface area contributed by atoms with Crippen molar-refractivity contribution < 1.29 is 0 Å². The molecular weight excluding hydrogens is 224 g/mol. The van der Waals surface area contributed by atoms with Crippen LogP contribution in [0.25, 0.3) is 0 Å². The van der Waals surface area contributed by atoms with E-state index in [1.165, 1.54) is 32.1 Å². The van der Waals surface area contributed by atoms with Crippen molar-refractivity contribution in [2.45, 2.75) is 51.5 Å². The van der Waals surface area contributed by atoms with E-state index in [1.807, 2.05) is 13.2 Å². The zero-order chi connectivity index (χ0) is 13.0. The van der Waals surface area contributed by atoms with Gasteiger partial charge < -0.3 is 5.32 Å². The van der Waals surface area contributed by atoms with Gasteiger partial charge in [0.15, 0.2) is 0 Å². The van der Waals surface area contributed by atoms with Gasteiger partial charge in [0.2, 0.25) is 0 Å². The molecule has 3 atom stereocenters. The van der Waals surface area contributed by atoms with E-state index >= 15 is 0 Å². The molecule has 1 N–H and O–H groups in total. The smallest absolute Gasteiger partial charge is 0.0842 e. The third kappa shape index (κ3) is 3.31. The first-order valence-electron chi connectivity index (χ1n) is 7.25. The monoisotopic (exact) mass is 250 g/mol. The summed E-state index contributed by atoms with van der Waals surface area (Å²) in [6.07, 6.45) is 9.93. The summed E-state index contributed by atoms with van der Waals surface area (Å²) in [7, 11) is 4.01. The van der Waals surface area contributed by atoms with Gasteiger partial charge >= 0.3 is 0 Å². The van der Waals surface area contributed by atoms with Crippen molar-refractivity contribution in [3.8, 4) is 0 Å². The average molecular weight is 250 g/mol. The van der Waals surface area contributed by atoms with Gasteiger partial charge in [0, 0.05) is 25.7 Å². The molecule has 0 spiro atoms. The van der Waals surface area contributed by atoms with Gasteiger partial charge in [-0.3, -0.25) is 4.68 Å². The second-order valence-corrected chi connectivity index (χ2v) is 5.68. The van der Waals surface area contributed by atoms with E-state index < -0.39 is 0 Å². The number of nitrogens with zero attached hydrogens (tertiary/aromatic N) is 3. The summed E-state index contributed by atoms with van der Waals surface area (Å²) in [5, 5.41) is 11.7. The standard InChI is InChI=1S/C14H26N4/c1-4-11-6-5-7-12(8-11)14(15-2)9-13-10-18(3)17-16-13/h10-12,14-15H,4-9H2,1-3H3. The number of likely N-dealkylation sites (N-methyl/N-ethyl adjacent to an activating group) is 1. The topological polar surface area (TPSA) is 42.7 Å². The molecule has 1 aromatic rings. The van der Waals surface area contributed by atoms with Gasteiger partial charge in [-0.25, -0.2) is 0 Å². The SMILES string of the molecule is CCC1CCCC(C(Cc2cn(C)nn2)NC)C1. The Bertz CT molecular complexity index is 360. The van der Waals surface area contributed by atoms with Crippen LogP contribution < -0.4 is 5.32 Å². The lowest BCUT2D eigenvalue weighted by Gasteiger charge is -2.34. The molecule has 0 saturated heterocycles. The van der Waals surface area contributed by atoms with Crippen LogP contribution in [-0.4, -0.2) is 28.1 Å². The number of hydrogen-bond acceptors (Lipinski definition) is 3. The van der Waals surface area contributed by atoms with Crippen LogP contribution in [0.5, 0.6) is 0 Å². The summed E-state index contributed by atoms with van der Waals surface area (Å²) in [5.41, 5.74) is 1.11. The second kappa shape index (κ2) is 6.32. The second-order valence-electron chi connectivity index (χ2n) is 5.68. The Morgan fingerprint density at radius 3 is 2.94 bits per heavy atom. The highest BCUT2D eigenvalue weighted by Gasteiger charge is 2.27. The molecule has 1 aliphatic carbocycles. The number of nitrogens with one attached hydrogen (secondary N) is 1. The van der Waals surface area contributed by atoms with Crippen molar-refractivity contribution in [1.82, 2.24) is 20.3 Å². The van der Waals surface area contributed by atoms with Crippen molar-refractivity contribution in [2.24, 2.45) is 18.9 Å². The third-order valence-electron chi connectivity index (χ3n) is 4.42. The normalized spacial score (nSPS) is 26.2. The molecule has 0 aliphatic heterocycles. The van der Waals surface area contributed by atoms with Crippen molar-refractivity contribution in [3.63, 3.8) is 0 Å². The zero-order valence-corrected chi connectivity index (χ0v) is 11.9. The van der Waals surface area contributed by atoms with Crippen molar-refractivity contribution in [1.29, 1.82) is 0 Å². The summed E-state index contributed by atoms with van der Waals surface area (Å²) < 4.78 is 1.79. The molecule has 3 unspecified atom stereocenters. The van der Waals surface area contributed by atoms with Crippen LogP contribution in [-0.2, 0) is 13.5 Å². The minimum Gasteiger partial charge on any atom is -0.316 e. The van der Waals surface area contributed by atoms with Gasteiger partial charge in [-0.2, -0.15) is 0 Å². The van der Waals surface area contributed by atoms with Gasteiger partial charge in [-0.1, -0.05) is 31.4 Å². The van der Waals surface area contributed by atoms with Crippen LogP contribution in [0.2, 0.25) is 0 Å². The largest absolute Gasteiger partial charge is 0.316 e. The lowest BCUT2D eigenvalue weighted by atomic mass is 9.76. The third-order valence-corrected chi connectivity index (χ3v) is 4.42. The Hall–Kier alpha value is -0.900. The molecule has 4 nitrogen and oxygen atoms in total. The van der Waals surface area contributed by atoms with Crippen molar-refractivity contribution in [3.05, 3.63) is 11.9 Å². The summed E-state index contributed by atoms with van der Waals surface area (Å²) >= 11 is 0. The maximum Gasteiger partial charge on any atom is 0.0842 e. The molecule has 2 rings (SSSR count). The maximum atomic E-state index is 4.21. The van der Waals surface area contributed by atoms with Gasteiger partial charge in [-0.05, 0) is 31.7 Å². The van der Waals surface area contributed by atoms with E-state index in [1.54, 1.807) is 4.68 Å². The van der Waals surface area contributed by atoms with Gasteiger partial charge in [0.1, 0.15) is 0 Å². The Labute approximate surface area is 110 Å². The maximum absolute atomic E-state index is 4.21. The van der Waals surface area contributed by atoms with E-state index in [2.05, 4.69) is 29.6 Å². The molecule has 1 aromatic heterocycles. The first-order chi connectivity index (χ1) is 8.72. The molecule has 18 heavy (non-hydrogen) atoms. The predicted octanol–water partition coefficient (Wildman–Crippen LogP) is 2.16. The minimum atomic E-state index is 0.552. The highest BCUT2D eigenvalue weighted by molar-refractivity contribution is 4.97. The molecule has 0 aromatic carbocycles. The first kappa shape index (κ1) is 13.5. The van der Waals surface area contributed by atoms with E-state index in [-0.39, 0.29) is 0 Å². The molecule has 0 radical (unpaired) electrons. The molecule has 1 saturated carbocycles. The molecule has 1 fully saturated rings. The molecule has 102 valence electrons. The number of rotatable bonds is 5. The molecule has 4 heteroatoms. The van der Waals surface area contributed by atoms with E-state index in [0.717, 1.165) is 24.0 Å². The van der Waals surface area contributed by atoms with Crippen LogP contribution in [0.1, 0.15) is 44.7 Å². The lowest BCUT2D eigenvalue weighted by molar-refractivity contribution is 0.212. The number of aromatic nitrogens is 3. The van der Waals surface area contributed by atoms with Gasteiger partial charge in [0.05, 0.1) is 5.69 Å². The fraction of sp³-hybridized carbons (Fsp3) is 0.857. The van der Waals surface area contributed by atoms with Crippen LogP contribution >= 0.6 is 0 Å². The number of aryl methyl sites for hydroxylation is 1. The molecule has 0 bridgehead atoms. The Morgan fingerprint density at radius 2 is 2.33 bits per heavy atom. The lowest BCUT2D eigenvalue weighted by Crippen LogP contribution is -2.38. The molecular formula is C14H26N4. The molecule has 1 aliphatic rings. The Kier molecular flexibility index (Phi) is 4.75. The molecule has 1 heterocycles. The van der Waals surface area contributed by atoms with Crippen LogP contribution in [0, 0.1) is 11.8 Å². The van der Waals surface area contributed by atoms with Crippen LogP contribution in [0.15, 0.2) is 6.20 Å². The Morgan fingerprint density at radius 1 is 1.50 bits per heavy atom. The van der Waals surface area contributed by atoms with Crippen LogP contribution in [0.4, 0.5) is 0 Å². The zero-order valence-electron chi connectivity index (χ0n) is 11.9. The highest BCUT2D eigenvalue weighted by Crippen LogP contribution is 2.33. The molecule has 0 amide bonds. The highest BCUT2D eigenvalue weighted by atomic mass is 15.4. The van der Waals surface area contributed by atoms with Gasteiger partial charge in [-0.15, -0.1) is 5.10 Å². The summed E-state index contributed by atoms with van der Waals surface area (Å²) in [6, 6.07) is 0.552. The minimum absolute atomic E-state index is 0.552. The summed E-state index contributed by atoms with van der Waals surface area (Å²) in [4.78, 5) is 0. The average Bonchev–Trinajstić information content (AvgIpc) is 2.81. The Balaban J connectivity index is 1.95. The van der Waals surface area contributed by atoms with Crippen molar-refractivity contribution >= 4 is 0 Å². The van der Waals surface area contributed by atoms with Gasteiger partial charge in [0.25, 0.3) is 0 Å². The first-order valence-corrected chi connectivity index (χ1v) is 7.25.